The SMILES string of the molecule is c1cc2c(c(N3CC[N]CC3)c1)CCC2. The second kappa shape index (κ2) is 3.86. The van der Waals surface area contributed by atoms with Gasteiger partial charge in [0.25, 0.3) is 0 Å². The van der Waals surface area contributed by atoms with Crippen LogP contribution in [0.1, 0.15) is 17.5 Å². The Kier molecular flexibility index (Phi) is 2.37. The smallest absolute Gasteiger partial charge is 0.0402 e. The summed E-state index contributed by atoms with van der Waals surface area (Å²) in [4.78, 5) is 2.51. The highest BCUT2D eigenvalue weighted by atomic mass is 15.2. The van der Waals surface area contributed by atoms with Crippen LogP contribution in [0.3, 0.4) is 0 Å². The van der Waals surface area contributed by atoms with Gasteiger partial charge in [0.05, 0.1) is 0 Å². The summed E-state index contributed by atoms with van der Waals surface area (Å²) >= 11 is 0. The quantitative estimate of drug-likeness (QED) is 0.674. The van der Waals surface area contributed by atoms with Crippen LogP contribution in [0.2, 0.25) is 0 Å². The second-order valence-electron chi connectivity index (χ2n) is 4.43. The van der Waals surface area contributed by atoms with Gasteiger partial charge in [-0.3, -0.25) is 0 Å². The molecule has 1 aromatic carbocycles. The predicted octanol–water partition coefficient (Wildman–Crippen LogP) is 1.60. The lowest BCUT2D eigenvalue weighted by molar-refractivity contribution is 0.578. The Morgan fingerprint density at radius 2 is 1.93 bits per heavy atom. The Hall–Kier alpha value is -1.02. The summed E-state index contributed by atoms with van der Waals surface area (Å²) < 4.78 is 0. The Bertz CT molecular complexity index is 354. The van der Waals surface area contributed by atoms with Crippen LogP contribution < -0.4 is 10.2 Å². The van der Waals surface area contributed by atoms with Gasteiger partial charge in [0.15, 0.2) is 0 Å². The van der Waals surface area contributed by atoms with Crippen LogP contribution in [0.5, 0.6) is 0 Å². The van der Waals surface area contributed by atoms with Crippen molar-refractivity contribution >= 4 is 5.69 Å². The van der Waals surface area contributed by atoms with Crippen molar-refractivity contribution in [3.8, 4) is 0 Å². The Balaban J connectivity index is 1.93. The van der Waals surface area contributed by atoms with Crippen LogP contribution in [0.4, 0.5) is 5.69 Å². The number of hydrogen-bond donors (Lipinski definition) is 0. The van der Waals surface area contributed by atoms with Crippen molar-refractivity contribution in [2.24, 2.45) is 0 Å². The summed E-state index contributed by atoms with van der Waals surface area (Å²) in [5, 5.41) is 4.40. The van der Waals surface area contributed by atoms with E-state index >= 15 is 0 Å². The molecule has 0 N–H and O–H groups in total. The third kappa shape index (κ3) is 1.63. The molecule has 2 nitrogen and oxygen atoms in total. The first-order valence-corrected chi connectivity index (χ1v) is 5.94. The minimum absolute atomic E-state index is 1.00. The Morgan fingerprint density at radius 3 is 2.80 bits per heavy atom. The average molecular weight is 201 g/mol. The maximum Gasteiger partial charge on any atom is 0.0402 e. The summed E-state index contributed by atoms with van der Waals surface area (Å²) in [7, 11) is 0. The molecule has 0 atom stereocenters. The molecule has 0 amide bonds. The van der Waals surface area contributed by atoms with Crippen LogP contribution in [-0.4, -0.2) is 26.2 Å². The van der Waals surface area contributed by atoms with Gasteiger partial charge in [-0.15, -0.1) is 0 Å². The first kappa shape index (κ1) is 9.22. The van der Waals surface area contributed by atoms with Gasteiger partial charge in [-0.25, -0.2) is 5.32 Å². The lowest BCUT2D eigenvalue weighted by atomic mass is 10.1. The van der Waals surface area contributed by atoms with Gasteiger partial charge in [0, 0.05) is 31.9 Å². The summed E-state index contributed by atoms with van der Waals surface area (Å²) in [5.41, 5.74) is 4.68. The molecule has 1 saturated heterocycles. The maximum atomic E-state index is 4.40. The molecule has 1 aliphatic carbocycles. The normalized spacial score (nSPS) is 20.4. The number of nitrogens with zero attached hydrogens (tertiary/aromatic N) is 2. The fourth-order valence-corrected chi connectivity index (χ4v) is 2.74. The average Bonchev–Trinajstić information content (AvgIpc) is 2.78. The van der Waals surface area contributed by atoms with Crippen molar-refractivity contribution < 1.29 is 0 Å². The minimum atomic E-state index is 1.00. The van der Waals surface area contributed by atoms with E-state index in [0.717, 1.165) is 26.2 Å². The summed E-state index contributed by atoms with van der Waals surface area (Å²) in [6, 6.07) is 6.79. The summed E-state index contributed by atoms with van der Waals surface area (Å²) in [6.07, 6.45) is 3.89. The molecule has 1 heterocycles. The molecule has 79 valence electrons. The summed E-state index contributed by atoms with van der Waals surface area (Å²) in [5.74, 6) is 0. The van der Waals surface area contributed by atoms with E-state index in [4.69, 9.17) is 0 Å². The molecule has 0 saturated carbocycles. The molecule has 1 fully saturated rings. The highest BCUT2D eigenvalue weighted by molar-refractivity contribution is 5.58. The molecule has 0 unspecified atom stereocenters. The van der Waals surface area contributed by atoms with Gasteiger partial charge in [-0.1, -0.05) is 12.1 Å². The Morgan fingerprint density at radius 1 is 1.07 bits per heavy atom. The van der Waals surface area contributed by atoms with E-state index < -0.39 is 0 Å². The molecule has 0 bridgehead atoms. The van der Waals surface area contributed by atoms with Crippen molar-refractivity contribution in [3.05, 3.63) is 29.3 Å². The molecule has 1 aliphatic heterocycles. The van der Waals surface area contributed by atoms with E-state index in [0.29, 0.717) is 0 Å². The van der Waals surface area contributed by atoms with Crippen molar-refractivity contribution in [3.63, 3.8) is 0 Å². The van der Waals surface area contributed by atoms with E-state index in [1.54, 1.807) is 11.1 Å². The number of benzene rings is 1. The third-order valence-corrected chi connectivity index (χ3v) is 3.52. The third-order valence-electron chi connectivity index (χ3n) is 3.52. The standard InChI is InChI=1S/C13H17N2/c1-3-11-4-2-6-13(12(11)5-1)15-9-7-14-8-10-15/h2,4,6H,1,3,5,7-10H2. The zero-order valence-corrected chi connectivity index (χ0v) is 9.08. The molecule has 1 aromatic rings. The Labute approximate surface area is 91.3 Å². The number of anilines is 1. The van der Waals surface area contributed by atoms with Gasteiger partial charge in [0.2, 0.25) is 0 Å². The predicted molar refractivity (Wildman–Crippen MR) is 62.5 cm³/mol. The minimum Gasteiger partial charge on any atom is -0.369 e. The molecule has 2 aliphatic rings. The van der Waals surface area contributed by atoms with Crippen molar-refractivity contribution in [2.75, 3.05) is 31.1 Å². The van der Waals surface area contributed by atoms with E-state index in [1.165, 1.54) is 24.9 Å². The largest absolute Gasteiger partial charge is 0.369 e. The lowest BCUT2D eigenvalue weighted by Crippen LogP contribution is -2.40. The van der Waals surface area contributed by atoms with Crippen LogP contribution in [0.15, 0.2) is 18.2 Å². The second-order valence-corrected chi connectivity index (χ2v) is 4.43. The fraction of sp³-hybridized carbons (Fsp3) is 0.538. The van der Waals surface area contributed by atoms with Crippen molar-refractivity contribution in [1.29, 1.82) is 0 Å². The zero-order valence-electron chi connectivity index (χ0n) is 9.08. The molecule has 3 rings (SSSR count). The zero-order chi connectivity index (χ0) is 10.1. The van der Waals surface area contributed by atoms with Crippen LogP contribution in [0, 0.1) is 0 Å². The number of hydrogen-bond acceptors (Lipinski definition) is 1. The van der Waals surface area contributed by atoms with Gasteiger partial charge in [-0.2, -0.15) is 0 Å². The monoisotopic (exact) mass is 201 g/mol. The van der Waals surface area contributed by atoms with Crippen LogP contribution in [0.25, 0.3) is 0 Å². The molecule has 0 spiro atoms. The van der Waals surface area contributed by atoms with Gasteiger partial charge in [0.1, 0.15) is 0 Å². The number of aryl methyl sites for hydroxylation is 1. The number of fused-ring (bicyclic) bond motifs is 1. The van der Waals surface area contributed by atoms with Gasteiger partial charge in [-0.05, 0) is 36.5 Å². The molecule has 0 aromatic heterocycles. The van der Waals surface area contributed by atoms with E-state index in [9.17, 15) is 0 Å². The first-order valence-electron chi connectivity index (χ1n) is 5.94. The van der Waals surface area contributed by atoms with E-state index in [-0.39, 0.29) is 0 Å². The maximum absolute atomic E-state index is 4.40. The highest BCUT2D eigenvalue weighted by Crippen LogP contribution is 2.31. The van der Waals surface area contributed by atoms with Crippen LogP contribution >= 0.6 is 0 Å². The summed E-state index contributed by atoms with van der Waals surface area (Å²) in [6.45, 7) is 4.22. The van der Waals surface area contributed by atoms with E-state index in [1.807, 2.05) is 0 Å². The molecule has 1 radical (unpaired) electrons. The first-order chi connectivity index (χ1) is 7.45. The number of piperazine rings is 1. The molecular weight excluding hydrogens is 184 g/mol. The highest BCUT2D eigenvalue weighted by Gasteiger charge is 2.19. The topological polar surface area (TPSA) is 17.3 Å². The molecule has 15 heavy (non-hydrogen) atoms. The van der Waals surface area contributed by atoms with Gasteiger partial charge >= 0.3 is 0 Å². The number of rotatable bonds is 1. The van der Waals surface area contributed by atoms with Gasteiger partial charge < -0.3 is 4.90 Å². The van der Waals surface area contributed by atoms with Crippen molar-refractivity contribution in [2.45, 2.75) is 19.3 Å². The van der Waals surface area contributed by atoms with Crippen molar-refractivity contribution in [1.82, 2.24) is 5.32 Å². The molecular formula is C13H17N2. The molecule has 2 heteroatoms. The lowest BCUT2D eigenvalue weighted by Gasteiger charge is -2.30. The fourth-order valence-electron chi connectivity index (χ4n) is 2.74. The van der Waals surface area contributed by atoms with E-state index in [2.05, 4.69) is 28.4 Å². The van der Waals surface area contributed by atoms with Crippen LogP contribution in [-0.2, 0) is 12.8 Å².